The van der Waals surface area contributed by atoms with Gasteiger partial charge in [-0.2, -0.15) is 0 Å². The topological polar surface area (TPSA) is 9.23 Å². The van der Waals surface area contributed by atoms with Gasteiger partial charge in [-0.25, -0.2) is 8.78 Å². The lowest BCUT2D eigenvalue weighted by Gasteiger charge is -2.03. The summed E-state index contributed by atoms with van der Waals surface area (Å²) >= 11 is 2.99. The predicted molar refractivity (Wildman–Crippen MR) is 45.6 cm³/mol. The van der Waals surface area contributed by atoms with Crippen LogP contribution in [0.3, 0.4) is 0 Å². The summed E-state index contributed by atoms with van der Waals surface area (Å²) in [7, 11) is 0. The van der Waals surface area contributed by atoms with E-state index >= 15 is 0 Å². The van der Waals surface area contributed by atoms with Crippen molar-refractivity contribution in [2.75, 3.05) is 13.3 Å². The van der Waals surface area contributed by atoms with Gasteiger partial charge in [0.05, 0.1) is 4.47 Å². The molecule has 0 amide bonds. The largest absolute Gasteiger partial charge is 0.491 e. The molecule has 0 aliphatic carbocycles. The molecule has 0 radical (unpaired) electrons. The van der Waals surface area contributed by atoms with Gasteiger partial charge < -0.3 is 4.74 Å². The average Bonchev–Trinajstić information content (AvgIpc) is 2.07. The zero-order valence-electron chi connectivity index (χ0n) is 6.19. The summed E-state index contributed by atoms with van der Waals surface area (Å²) in [5, 5.41) is 0. The van der Waals surface area contributed by atoms with Crippen molar-refractivity contribution in [1.29, 1.82) is 0 Å². The Kier molecular flexibility index (Phi) is 3.47. The summed E-state index contributed by atoms with van der Waals surface area (Å²) in [6.07, 6.45) is 0. The van der Waals surface area contributed by atoms with E-state index in [1.807, 2.05) is 0 Å². The van der Waals surface area contributed by atoms with E-state index in [2.05, 4.69) is 15.9 Å². The van der Waals surface area contributed by atoms with Gasteiger partial charge in [0.25, 0.3) is 0 Å². The van der Waals surface area contributed by atoms with Crippen molar-refractivity contribution in [2.45, 2.75) is 0 Å². The van der Waals surface area contributed by atoms with Crippen LogP contribution in [0.4, 0.5) is 8.78 Å². The maximum atomic E-state index is 12.8. The molecule has 0 unspecified atom stereocenters. The van der Waals surface area contributed by atoms with Crippen LogP contribution >= 0.6 is 15.9 Å². The summed E-state index contributed by atoms with van der Waals surface area (Å²) in [5.74, 6) is -0.0697. The Bertz CT molecular complexity index is 265. The lowest BCUT2D eigenvalue weighted by molar-refractivity contribution is 0.272. The minimum atomic E-state index is -0.572. The molecule has 0 aliphatic heterocycles. The number of rotatable bonds is 3. The van der Waals surface area contributed by atoms with Gasteiger partial charge >= 0.3 is 0 Å². The summed E-state index contributed by atoms with van der Waals surface area (Å²) in [6, 6.07) is 4.30. The van der Waals surface area contributed by atoms with Crippen LogP contribution < -0.4 is 4.74 Å². The Morgan fingerprint density at radius 1 is 1.42 bits per heavy atom. The Labute approximate surface area is 77.5 Å². The molecule has 0 spiro atoms. The molecule has 1 aromatic rings. The second-order valence-electron chi connectivity index (χ2n) is 2.11. The van der Waals surface area contributed by atoms with Crippen molar-refractivity contribution in [3.8, 4) is 5.75 Å². The van der Waals surface area contributed by atoms with Crippen LogP contribution in [0.15, 0.2) is 22.7 Å². The van der Waals surface area contributed by atoms with Crippen LogP contribution in [0.25, 0.3) is 0 Å². The molecule has 1 nitrogen and oxygen atoms in total. The minimum Gasteiger partial charge on any atom is -0.491 e. The van der Waals surface area contributed by atoms with Gasteiger partial charge in [-0.15, -0.1) is 0 Å². The first kappa shape index (κ1) is 9.45. The van der Waals surface area contributed by atoms with E-state index < -0.39 is 12.5 Å². The van der Waals surface area contributed by atoms with E-state index in [4.69, 9.17) is 4.74 Å². The molecule has 0 saturated carbocycles. The maximum Gasteiger partial charge on any atom is 0.141 e. The standard InChI is InChI=1S/C8H7BrF2O/c9-7-2-1-6(5-8(7)11)12-4-3-10/h1-2,5H,3-4H2. The molecule has 66 valence electrons. The van der Waals surface area contributed by atoms with E-state index in [1.54, 1.807) is 6.07 Å². The number of hydrogen-bond donors (Lipinski definition) is 0. The zero-order chi connectivity index (χ0) is 8.97. The third kappa shape index (κ3) is 2.44. The fourth-order valence-electron chi connectivity index (χ4n) is 0.723. The van der Waals surface area contributed by atoms with E-state index in [0.717, 1.165) is 0 Å². The van der Waals surface area contributed by atoms with Crippen LogP contribution in [0.1, 0.15) is 0 Å². The average molecular weight is 237 g/mol. The third-order valence-electron chi connectivity index (χ3n) is 1.24. The Morgan fingerprint density at radius 2 is 2.17 bits per heavy atom. The molecular formula is C8H7BrF2O. The number of ether oxygens (including phenoxy) is 1. The smallest absolute Gasteiger partial charge is 0.141 e. The second-order valence-corrected chi connectivity index (χ2v) is 2.97. The number of benzene rings is 1. The fraction of sp³-hybridized carbons (Fsp3) is 0.250. The normalized spacial score (nSPS) is 9.92. The number of alkyl halides is 1. The molecule has 4 heteroatoms. The van der Waals surface area contributed by atoms with Crippen molar-refractivity contribution < 1.29 is 13.5 Å². The highest BCUT2D eigenvalue weighted by Gasteiger charge is 2.00. The molecule has 0 bridgehead atoms. The monoisotopic (exact) mass is 236 g/mol. The lowest BCUT2D eigenvalue weighted by atomic mass is 10.3. The van der Waals surface area contributed by atoms with Gasteiger partial charge in [0.15, 0.2) is 0 Å². The summed E-state index contributed by atoms with van der Waals surface area (Å²) in [4.78, 5) is 0. The summed E-state index contributed by atoms with van der Waals surface area (Å²) in [5.41, 5.74) is 0. The van der Waals surface area contributed by atoms with E-state index in [9.17, 15) is 8.78 Å². The van der Waals surface area contributed by atoms with Crippen LogP contribution in [-0.4, -0.2) is 13.3 Å². The molecule has 1 aromatic carbocycles. The van der Waals surface area contributed by atoms with Crippen LogP contribution in [0.5, 0.6) is 5.75 Å². The molecular weight excluding hydrogens is 230 g/mol. The van der Waals surface area contributed by atoms with Gasteiger partial charge in [-0.1, -0.05) is 0 Å². The molecule has 0 saturated heterocycles. The molecule has 0 aliphatic rings. The van der Waals surface area contributed by atoms with Gasteiger partial charge in [0.2, 0.25) is 0 Å². The highest BCUT2D eigenvalue weighted by Crippen LogP contribution is 2.20. The van der Waals surface area contributed by atoms with E-state index in [-0.39, 0.29) is 6.61 Å². The third-order valence-corrected chi connectivity index (χ3v) is 1.88. The Balaban J connectivity index is 2.69. The first-order chi connectivity index (χ1) is 5.74. The Morgan fingerprint density at radius 3 is 2.75 bits per heavy atom. The molecule has 0 N–H and O–H groups in total. The molecule has 1 rings (SSSR count). The van der Waals surface area contributed by atoms with Gasteiger partial charge in [-0.3, -0.25) is 0 Å². The van der Waals surface area contributed by atoms with Crippen molar-refractivity contribution in [3.63, 3.8) is 0 Å². The van der Waals surface area contributed by atoms with Gasteiger partial charge in [0.1, 0.15) is 24.8 Å². The quantitative estimate of drug-likeness (QED) is 0.785. The van der Waals surface area contributed by atoms with Crippen LogP contribution in [-0.2, 0) is 0 Å². The summed E-state index contributed by atoms with van der Waals surface area (Å²) < 4.78 is 29.6. The minimum absolute atomic E-state index is 0.0406. The van der Waals surface area contributed by atoms with Gasteiger partial charge in [0, 0.05) is 6.07 Å². The number of halogens is 3. The summed E-state index contributed by atoms with van der Waals surface area (Å²) in [6.45, 7) is -0.612. The van der Waals surface area contributed by atoms with Crippen molar-refractivity contribution in [2.24, 2.45) is 0 Å². The van der Waals surface area contributed by atoms with E-state index in [1.165, 1.54) is 12.1 Å². The Hall–Kier alpha value is -0.640. The first-order valence-electron chi connectivity index (χ1n) is 3.38. The maximum absolute atomic E-state index is 12.8. The SMILES string of the molecule is FCCOc1ccc(Br)c(F)c1. The zero-order valence-corrected chi connectivity index (χ0v) is 7.77. The molecule has 0 heterocycles. The van der Waals surface area contributed by atoms with Crippen LogP contribution in [0.2, 0.25) is 0 Å². The molecule has 12 heavy (non-hydrogen) atoms. The predicted octanol–water partition coefficient (Wildman–Crippen LogP) is 2.94. The molecule has 0 aromatic heterocycles. The molecule has 0 atom stereocenters. The van der Waals surface area contributed by atoms with Crippen molar-refractivity contribution in [1.82, 2.24) is 0 Å². The first-order valence-corrected chi connectivity index (χ1v) is 4.17. The number of hydrogen-bond acceptors (Lipinski definition) is 1. The second kappa shape index (κ2) is 4.40. The van der Waals surface area contributed by atoms with Crippen molar-refractivity contribution >= 4 is 15.9 Å². The lowest BCUT2D eigenvalue weighted by Crippen LogP contribution is -1.98. The van der Waals surface area contributed by atoms with Crippen molar-refractivity contribution in [3.05, 3.63) is 28.5 Å². The fourth-order valence-corrected chi connectivity index (χ4v) is 0.970. The highest BCUT2D eigenvalue weighted by molar-refractivity contribution is 9.10. The van der Waals surface area contributed by atoms with Gasteiger partial charge in [-0.05, 0) is 28.1 Å². The molecule has 0 fully saturated rings. The highest BCUT2D eigenvalue weighted by atomic mass is 79.9. The van der Waals surface area contributed by atoms with E-state index in [0.29, 0.717) is 10.2 Å². The van der Waals surface area contributed by atoms with Crippen LogP contribution in [0, 0.1) is 5.82 Å².